The van der Waals surface area contributed by atoms with Crippen molar-refractivity contribution in [3.05, 3.63) is 132 Å². The summed E-state index contributed by atoms with van der Waals surface area (Å²) in [7, 11) is 1.94. The van der Waals surface area contributed by atoms with E-state index in [1.807, 2.05) is 71.2 Å². The van der Waals surface area contributed by atoms with Gasteiger partial charge in [0, 0.05) is 61.6 Å². The molecule has 0 fully saturated rings. The summed E-state index contributed by atoms with van der Waals surface area (Å²) in [5.41, 5.74) is 11.7. The SMILES string of the molecule is C=C(/C=C\C(C)CC)CC=O.CC.CC(C)c1cccc(NC(=O)/C(C=N)=C/N)n1.CC(C)c1cccc(NC(=O)C2C=NC=CN2)c1.CNc1cccc(C(C)C)c1. The molecule has 0 bridgehead atoms. The summed E-state index contributed by atoms with van der Waals surface area (Å²) in [6.45, 7) is 24.7. The summed E-state index contributed by atoms with van der Waals surface area (Å²) in [6.07, 6.45) is 13.3. The molecule has 1 aromatic heterocycles. The molecule has 2 aromatic carbocycles. The Labute approximate surface area is 354 Å². The molecule has 320 valence electrons. The van der Waals surface area contributed by atoms with Crippen molar-refractivity contribution in [3.63, 3.8) is 0 Å². The zero-order valence-electron chi connectivity index (χ0n) is 37.2. The molecule has 4 rings (SSSR count). The molecular weight excluding hydrogens is 737 g/mol. The van der Waals surface area contributed by atoms with Gasteiger partial charge >= 0.3 is 0 Å². The summed E-state index contributed by atoms with van der Waals surface area (Å²) in [6, 6.07) is 21.4. The predicted octanol–water partition coefficient (Wildman–Crippen LogP) is 10.5. The fraction of sp³-hybridized carbons (Fsp3) is 0.375. The van der Waals surface area contributed by atoms with Crippen molar-refractivity contribution in [2.45, 2.75) is 106 Å². The smallest absolute Gasteiger partial charge is 0.259 e. The number of aldehydes is 1. The molecular formula is C48H70N8O3. The van der Waals surface area contributed by atoms with Crippen LogP contribution in [0.15, 0.2) is 120 Å². The zero-order chi connectivity index (χ0) is 44.8. The average Bonchev–Trinajstić information content (AvgIpc) is 3.25. The lowest BCUT2D eigenvalue weighted by Gasteiger charge is -2.15. The van der Waals surface area contributed by atoms with Gasteiger partial charge in [0.15, 0.2) is 0 Å². The van der Waals surface area contributed by atoms with Crippen molar-refractivity contribution >= 4 is 47.7 Å². The number of pyridine rings is 1. The summed E-state index contributed by atoms with van der Waals surface area (Å²) >= 11 is 0. The van der Waals surface area contributed by atoms with Gasteiger partial charge in [-0.3, -0.25) is 14.6 Å². The standard InChI is InChI=1S/C14H17N3O.C12H16N4O.C10H15N.C10H16O.C2H6/c1-10(2)11-4-3-5-12(8-11)17-14(18)13-9-15-6-7-16-13;1-8(2)10-4-3-5-11(15-10)16-12(17)9(6-13)7-14;1-8(2)9-5-4-6-10(7-9)11-3;1-4-9(2)5-6-10(3)7-8-11;1-2/h3-10,13,16H,1-2H3,(H,17,18);3-8,13H,14H2,1-2H3,(H,15,16,17);4-8,11H,1-3H3;5-6,8-9H,3-4,7H2,1-2H3;1-2H3/b;9-7+,13-6?;;6-5-;. The first-order chi connectivity index (χ1) is 28.2. The van der Waals surface area contributed by atoms with Crippen molar-refractivity contribution in [2.24, 2.45) is 16.6 Å². The van der Waals surface area contributed by atoms with Crippen LogP contribution < -0.4 is 27.0 Å². The highest BCUT2D eigenvalue weighted by Crippen LogP contribution is 2.19. The van der Waals surface area contributed by atoms with E-state index >= 15 is 0 Å². The van der Waals surface area contributed by atoms with Crippen molar-refractivity contribution in [1.82, 2.24) is 10.3 Å². The molecule has 0 spiro atoms. The molecule has 2 atom stereocenters. The Hall–Kier alpha value is -6.10. The number of nitrogens with one attached hydrogen (secondary N) is 5. The predicted molar refractivity (Wildman–Crippen MR) is 252 cm³/mol. The maximum atomic E-state index is 11.9. The molecule has 0 saturated heterocycles. The fourth-order valence-corrected chi connectivity index (χ4v) is 4.59. The van der Waals surface area contributed by atoms with Gasteiger partial charge in [-0.1, -0.05) is 125 Å². The molecule has 11 nitrogen and oxygen atoms in total. The van der Waals surface area contributed by atoms with Crippen LogP contribution in [0.2, 0.25) is 0 Å². The number of anilines is 3. The molecule has 3 aromatic rings. The van der Waals surface area contributed by atoms with Crippen LogP contribution in [0.4, 0.5) is 17.2 Å². The van der Waals surface area contributed by atoms with Crippen molar-refractivity contribution in [3.8, 4) is 0 Å². The third-order valence-electron chi connectivity index (χ3n) is 8.47. The molecule has 1 aliphatic heterocycles. The Balaban J connectivity index is 0.000000767. The summed E-state index contributed by atoms with van der Waals surface area (Å²) < 4.78 is 0. The number of nitrogens with two attached hydrogens (primary N) is 1. The second-order valence-corrected chi connectivity index (χ2v) is 14.2. The van der Waals surface area contributed by atoms with Gasteiger partial charge in [-0.05, 0) is 76.8 Å². The van der Waals surface area contributed by atoms with Gasteiger partial charge in [0.05, 0.1) is 5.57 Å². The van der Waals surface area contributed by atoms with Gasteiger partial charge < -0.3 is 37.2 Å². The lowest BCUT2D eigenvalue weighted by atomic mass is 10.0. The fourth-order valence-electron chi connectivity index (χ4n) is 4.59. The van der Waals surface area contributed by atoms with Gasteiger partial charge in [-0.25, -0.2) is 4.98 Å². The quantitative estimate of drug-likeness (QED) is 0.0407. The third-order valence-corrected chi connectivity index (χ3v) is 8.47. The van der Waals surface area contributed by atoms with E-state index in [1.165, 1.54) is 16.8 Å². The first-order valence-electron chi connectivity index (χ1n) is 20.3. The molecule has 2 unspecified atom stereocenters. The topological polar surface area (TPSA) is 174 Å². The number of hydrogen-bond donors (Lipinski definition) is 6. The van der Waals surface area contributed by atoms with Crippen molar-refractivity contribution in [1.29, 1.82) is 5.41 Å². The van der Waals surface area contributed by atoms with E-state index in [9.17, 15) is 14.4 Å². The second kappa shape index (κ2) is 31.0. The minimum Gasteiger partial charge on any atom is -0.404 e. The van der Waals surface area contributed by atoms with Crippen LogP contribution >= 0.6 is 0 Å². The van der Waals surface area contributed by atoms with E-state index in [0.29, 0.717) is 35.9 Å². The van der Waals surface area contributed by atoms with E-state index in [4.69, 9.17) is 11.1 Å². The second-order valence-electron chi connectivity index (χ2n) is 14.2. The van der Waals surface area contributed by atoms with E-state index in [0.717, 1.165) is 42.1 Å². The number of allylic oxidation sites excluding steroid dienone is 3. The van der Waals surface area contributed by atoms with Gasteiger partial charge in [-0.2, -0.15) is 0 Å². The highest BCUT2D eigenvalue weighted by Gasteiger charge is 2.16. The number of nitrogens with zero attached hydrogens (tertiary/aromatic N) is 2. The maximum absolute atomic E-state index is 11.9. The van der Waals surface area contributed by atoms with Crippen LogP contribution in [-0.2, 0) is 14.4 Å². The Morgan fingerprint density at radius 2 is 1.49 bits per heavy atom. The Morgan fingerprint density at radius 1 is 0.898 bits per heavy atom. The highest BCUT2D eigenvalue weighted by atomic mass is 16.2. The van der Waals surface area contributed by atoms with E-state index in [-0.39, 0.29) is 11.5 Å². The van der Waals surface area contributed by atoms with Crippen LogP contribution in [0, 0.1) is 11.3 Å². The Morgan fingerprint density at radius 3 is 1.98 bits per heavy atom. The average molecular weight is 807 g/mol. The summed E-state index contributed by atoms with van der Waals surface area (Å²) in [5.74, 6) is 1.85. The van der Waals surface area contributed by atoms with Crippen LogP contribution in [0.3, 0.4) is 0 Å². The third kappa shape index (κ3) is 22.4. The number of aliphatic imine (C=N–C) groups is 1. The van der Waals surface area contributed by atoms with Crippen LogP contribution in [0.5, 0.6) is 0 Å². The number of aromatic nitrogens is 1. The monoisotopic (exact) mass is 807 g/mol. The molecule has 59 heavy (non-hydrogen) atoms. The number of carbonyl (C=O) groups is 3. The van der Waals surface area contributed by atoms with Gasteiger partial charge in [-0.15, -0.1) is 0 Å². The lowest BCUT2D eigenvalue weighted by molar-refractivity contribution is -0.116. The molecule has 1 aliphatic rings. The number of benzene rings is 2. The number of carbonyl (C=O) groups excluding carboxylic acids is 3. The van der Waals surface area contributed by atoms with E-state index in [1.54, 1.807) is 24.7 Å². The summed E-state index contributed by atoms with van der Waals surface area (Å²) in [4.78, 5) is 41.8. The first kappa shape index (κ1) is 52.9. The minimum absolute atomic E-state index is 0.0988. The largest absolute Gasteiger partial charge is 0.404 e. The number of rotatable bonds is 14. The molecule has 2 amide bonds. The van der Waals surface area contributed by atoms with Crippen LogP contribution in [0.1, 0.15) is 117 Å². The van der Waals surface area contributed by atoms with Crippen LogP contribution in [0.25, 0.3) is 0 Å². The Kier molecular flexibility index (Phi) is 27.8. The maximum Gasteiger partial charge on any atom is 0.259 e. The zero-order valence-corrected chi connectivity index (χ0v) is 37.2. The molecule has 11 heteroatoms. The van der Waals surface area contributed by atoms with Crippen molar-refractivity contribution in [2.75, 3.05) is 23.0 Å². The van der Waals surface area contributed by atoms with Gasteiger partial charge in [0.25, 0.3) is 11.8 Å². The van der Waals surface area contributed by atoms with E-state index in [2.05, 4.69) is 116 Å². The number of hydrogen-bond acceptors (Lipinski definition) is 9. The molecule has 0 aliphatic carbocycles. The minimum atomic E-state index is -0.434. The summed E-state index contributed by atoms with van der Waals surface area (Å²) in [5, 5.41) is 18.5. The highest BCUT2D eigenvalue weighted by molar-refractivity contribution is 6.16. The van der Waals surface area contributed by atoms with Crippen LogP contribution in [-0.4, -0.2) is 48.6 Å². The van der Waals surface area contributed by atoms with Gasteiger partial charge in [0.1, 0.15) is 18.1 Å². The molecule has 0 saturated carbocycles. The number of amides is 2. The Bertz CT molecular complexity index is 1840. The van der Waals surface area contributed by atoms with Gasteiger partial charge in [0.2, 0.25) is 0 Å². The van der Waals surface area contributed by atoms with E-state index < -0.39 is 11.9 Å². The first-order valence-corrected chi connectivity index (χ1v) is 20.3. The lowest BCUT2D eigenvalue weighted by Crippen LogP contribution is -2.40. The molecule has 7 N–H and O–H groups in total. The molecule has 2 heterocycles. The van der Waals surface area contributed by atoms with Crippen molar-refractivity contribution < 1.29 is 14.4 Å². The molecule has 0 radical (unpaired) electrons. The normalized spacial score (nSPS) is 13.1.